The van der Waals surface area contributed by atoms with Crippen LogP contribution in [0.1, 0.15) is 10.4 Å². The maximum Gasteiger partial charge on any atom is 1.00 e. The van der Waals surface area contributed by atoms with Gasteiger partial charge in [-0.1, -0.05) is 53.5 Å². The maximum atomic E-state index is 12.6. The first-order valence-electron chi connectivity index (χ1n) is 5.99. The summed E-state index contributed by atoms with van der Waals surface area (Å²) in [5.74, 6) is 0.540. The molecule has 0 amide bonds. The zero-order valence-electron chi connectivity index (χ0n) is 12.4. The van der Waals surface area contributed by atoms with Gasteiger partial charge in [-0.15, -0.1) is 0 Å². The number of carbonyl (C=O) groups excluding carboxylic acids is 1. The Bertz CT molecular complexity index is 637. The van der Waals surface area contributed by atoms with Crippen molar-refractivity contribution in [1.82, 2.24) is 0 Å². The van der Waals surface area contributed by atoms with Gasteiger partial charge in [-0.25, -0.2) is 0 Å². The maximum absolute atomic E-state index is 12.6. The number of halogens is 2. The molecule has 2 rings (SSSR count). The molecule has 2 aromatic rings. The molecular formula is C15H12Cl2LiO3P. The van der Waals surface area contributed by atoms with Crippen molar-refractivity contribution in [3.8, 4) is 11.5 Å². The molecule has 2 aromatic carbocycles. The first-order chi connectivity index (χ1) is 10.1. The van der Waals surface area contributed by atoms with E-state index < -0.39 is 0 Å². The predicted octanol–water partition coefficient (Wildman–Crippen LogP) is 1.43. The van der Waals surface area contributed by atoms with Gasteiger partial charge in [-0.3, -0.25) is 0 Å². The molecule has 0 aliphatic rings. The summed E-state index contributed by atoms with van der Waals surface area (Å²) in [6.07, 6.45) is 0. The fourth-order valence-electron chi connectivity index (χ4n) is 1.85. The van der Waals surface area contributed by atoms with Crippen molar-refractivity contribution in [3.63, 3.8) is 0 Å². The molecule has 0 unspecified atom stereocenters. The van der Waals surface area contributed by atoms with Crippen LogP contribution in [0.25, 0.3) is 0 Å². The van der Waals surface area contributed by atoms with Crippen LogP contribution in [0.5, 0.6) is 11.5 Å². The van der Waals surface area contributed by atoms with Gasteiger partial charge in [0.05, 0.1) is 29.8 Å². The predicted molar refractivity (Wildman–Crippen MR) is 86.9 cm³/mol. The Morgan fingerprint density at radius 1 is 1.00 bits per heavy atom. The van der Waals surface area contributed by atoms with Gasteiger partial charge in [0.15, 0.2) is 0 Å². The molecule has 7 heteroatoms. The van der Waals surface area contributed by atoms with Crippen LogP contribution in [0.2, 0.25) is 10.0 Å². The van der Waals surface area contributed by atoms with Gasteiger partial charge in [-0.2, -0.15) is 5.30 Å². The topological polar surface area (TPSA) is 35.5 Å². The molecule has 0 aliphatic heterocycles. The van der Waals surface area contributed by atoms with Crippen molar-refractivity contribution in [1.29, 1.82) is 0 Å². The zero-order chi connectivity index (χ0) is 15.4. The van der Waals surface area contributed by atoms with Gasteiger partial charge in [0.2, 0.25) is 0 Å². The summed E-state index contributed by atoms with van der Waals surface area (Å²) in [6.45, 7) is 0. The number of ether oxygens (including phenoxy) is 2. The smallest absolute Gasteiger partial charge is 0.494 e. The molecule has 110 valence electrons. The van der Waals surface area contributed by atoms with Gasteiger partial charge in [-0.05, 0) is 6.07 Å². The first kappa shape index (κ1) is 19.4. The second-order valence-electron chi connectivity index (χ2n) is 4.03. The van der Waals surface area contributed by atoms with Crippen LogP contribution in [-0.4, -0.2) is 19.7 Å². The van der Waals surface area contributed by atoms with Crippen molar-refractivity contribution in [2.75, 3.05) is 14.2 Å². The largest absolute Gasteiger partial charge is 1.00 e. The summed E-state index contributed by atoms with van der Waals surface area (Å²) in [7, 11) is 3.39. The fourth-order valence-corrected chi connectivity index (χ4v) is 3.34. The monoisotopic (exact) mass is 348 g/mol. The van der Waals surface area contributed by atoms with E-state index in [0.717, 1.165) is 5.30 Å². The third-order valence-corrected chi connectivity index (χ3v) is 4.29. The van der Waals surface area contributed by atoms with Crippen molar-refractivity contribution < 1.29 is 33.1 Å². The molecule has 3 nitrogen and oxygen atoms in total. The van der Waals surface area contributed by atoms with Crippen LogP contribution < -0.4 is 33.6 Å². The molecular weight excluding hydrogens is 337 g/mol. The second-order valence-corrected chi connectivity index (χ2v) is 5.99. The van der Waals surface area contributed by atoms with Gasteiger partial charge in [0.1, 0.15) is 11.5 Å². The summed E-state index contributed by atoms with van der Waals surface area (Å²) in [4.78, 5) is 12.6. The van der Waals surface area contributed by atoms with Crippen LogP contribution in [0.4, 0.5) is 0 Å². The second kappa shape index (κ2) is 8.82. The number of benzene rings is 2. The van der Waals surface area contributed by atoms with Crippen LogP contribution in [-0.2, 0) is 0 Å². The van der Waals surface area contributed by atoms with Gasteiger partial charge >= 0.3 is 18.9 Å². The molecule has 0 saturated carbocycles. The number of rotatable bonds is 5. The third-order valence-electron chi connectivity index (χ3n) is 2.75. The van der Waals surface area contributed by atoms with E-state index in [2.05, 4.69) is 0 Å². The van der Waals surface area contributed by atoms with Crippen LogP contribution >= 0.6 is 31.8 Å². The van der Waals surface area contributed by atoms with Crippen LogP contribution in [0.15, 0.2) is 36.4 Å². The van der Waals surface area contributed by atoms with Crippen molar-refractivity contribution >= 4 is 42.6 Å². The van der Waals surface area contributed by atoms with E-state index in [9.17, 15) is 4.79 Å². The summed E-state index contributed by atoms with van der Waals surface area (Å²) in [5, 5.41) is 1.41. The average molecular weight is 349 g/mol. The normalized spacial score (nSPS) is 10.4. The Balaban J connectivity index is 0.00000242. The third kappa shape index (κ3) is 4.19. The Labute approximate surface area is 153 Å². The standard InChI is InChI=1S/C15H12Cl2O3P.Li/c1-19-13-10(16)8-11(17)14(20-2)12(13)15(18)21-9-6-4-3-5-7-9;/h3-8H,1-2H3;/q-1;+1. The summed E-state index contributed by atoms with van der Waals surface area (Å²) >= 11 is 12.2. The van der Waals surface area contributed by atoms with Gasteiger partial charge in [0, 0.05) is 5.52 Å². The molecule has 0 aromatic heterocycles. The number of hydrogen-bond donors (Lipinski definition) is 0. The molecule has 0 atom stereocenters. The minimum Gasteiger partial charge on any atom is -0.494 e. The Morgan fingerprint density at radius 2 is 1.50 bits per heavy atom. The van der Waals surface area contributed by atoms with Crippen LogP contribution in [0.3, 0.4) is 0 Å². The molecule has 0 radical (unpaired) electrons. The van der Waals surface area contributed by atoms with E-state index in [0.29, 0.717) is 8.58 Å². The minimum absolute atomic E-state index is 0. The molecule has 0 aliphatic carbocycles. The molecule has 0 heterocycles. The van der Waals surface area contributed by atoms with Gasteiger partial charge in [0.25, 0.3) is 0 Å². The Morgan fingerprint density at radius 3 is 1.95 bits per heavy atom. The number of carbonyl (C=O) groups is 1. The van der Waals surface area contributed by atoms with Crippen molar-refractivity contribution in [2.24, 2.45) is 0 Å². The zero-order valence-corrected chi connectivity index (χ0v) is 14.8. The van der Waals surface area contributed by atoms with E-state index in [1.165, 1.54) is 20.3 Å². The summed E-state index contributed by atoms with van der Waals surface area (Å²) < 4.78 is 10.5. The van der Waals surface area contributed by atoms with E-state index >= 15 is 0 Å². The van der Waals surface area contributed by atoms with E-state index in [1.807, 2.05) is 30.3 Å². The SMILES string of the molecule is COc1c(Cl)cc(Cl)c(OC)c1C(=O)[P-]c1ccccc1.[Li+]. The molecule has 0 saturated heterocycles. The molecule has 22 heavy (non-hydrogen) atoms. The molecule has 0 spiro atoms. The van der Waals surface area contributed by atoms with Crippen LogP contribution in [0, 0.1) is 0 Å². The van der Waals surface area contributed by atoms with E-state index in [-0.39, 0.29) is 51.5 Å². The summed E-state index contributed by atoms with van der Waals surface area (Å²) in [5.41, 5.74) is 0.0577. The first-order valence-corrected chi connectivity index (χ1v) is 7.64. The van der Waals surface area contributed by atoms with Crippen molar-refractivity contribution in [2.45, 2.75) is 0 Å². The molecule has 0 N–H and O–H groups in total. The number of methoxy groups -OCH3 is 2. The Kier molecular flexibility index (Phi) is 7.76. The summed E-state index contributed by atoms with van der Waals surface area (Å²) in [6, 6.07) is 10.9. The minimum atomic E-state index is -0.195. The quantitative estimate of drug-likeness (QED) is 0.605. The van der Waals surface area contributed by atoms with Gasteiger partial charge < -0.3 is 22.8 Å². The molecule has 0 bridgehead atoms. The van der Waals surface area contributed by atoms with E-state index in [4.69, 9.17) is 32.7 Å². The number of hydrogen-bond acceptors (Lipinski definition) is 3. The van der Waals surface area contributed by atoms with Crippen molar-refractivity contribution in [3.05, 3.63) is 52.0 Å². The average Bonchev–Trinajstić information content (AvgIpc) is 2.47. The van der Waals surface area contributed by atoms with E-state index in [1.54, 1.807) is 0 Å². The fraction of sp³-hybridized carbons (Fsp3) is 0.133. The molecule has 0 fully saturated rings. The Hall–Kier alpha value is -0.683.